The van der Waals surface area contributed by atoms with Gasteiger partial charge in [0, 0.05) is 31.4 Å². The van der Waals surface area contributed by atoms with Crippen LogP contribution in [-0.4, -0.2) is 51.4 Å². The molecule has 0 aliphatic carbocycles. The van der Waals surface area contributed by atoms with E-state index in [0.717, 1.165) is 11.5 Å². The molecule has 8 nitrogen and oxygen atoms in total. The van der Waals surface area contributed by atoms with Crippen LogP contribution in [0.2, 0.25) is 0 Å². The lowest BCUT2D eigenvalue weighted by Gasteiger charge is -2.24. The molecule has 2 aromatic rings. The highest BCUT2D eigenvalue weighted by molar-refractivity contribution is 5.96. The van der Waals surface area contributed by atoms with E-state index in [0.29, 0.717) is 36.5 Å². The van der Waals surface area contributed by atoms with Crippen LogP contribution in [0.15, 0.2) is 16.9 Å². The summed E-state index contributed by atoms with van der Waals surface area (Å²) in [7, 11) is 0. The van der Waals surface area contributed by atoms with E-state index in [1.807, 2.05) is 31.7 Å². The normalized spacial score (nSPS) is 20.0. The van der Waals surface area contributed by atoms with Crippen molar-refractivity contribution in [2.75, 3.05) is 24.5 Å². The minimum Gasteiger partial charge on any atom is -0.386 e. The van der Waals surface area contributed by atoms with Crippen LogP contribution in [0.1, 0.15) is 53.7 Å². The van der Waals surface area contributed by atoms with Gasteiger partial charge in [-0.2, -0.15) is 0 Å². The molecule has 1 fully saturated rings. The molecule has 8 heteroatoms. The van der Waals surface area contributed by atoms with Gasteiger partial charge in [0.15, 0.2) is 0 Å². The van der Waals surface area contributed by atoms with Crippen molar-refractivity contribution in [3.63, 3.8) is 0 Å². The van der Waals surface area contributed by atoms with Gasteiger partial charge in [-0.1, -0.05) is 19.0 Å². The number of carbonyl (C=O) groups excluding carboxylic acids is 1. The molecule has 2 aromatic heterocycles. The van der Waals surface area contributed by atoms with Crippen LogP contribution >= 0.6 is 0 Å². The number of amides is 1. The van der Waals surface area contributed by atoms with Crippen molar-refractivity contribution >= 4 is 11.7 Å². The second-order valence-corrected chi connectivity index (χ2v) is 7.25. The van der Waals surface area contributed by atoms with Crippen LogP contribution in [-0.2, 0) is 0 Å². The number of rotatable bonds is 5. The van der Waals surface area contributed by atoms with E-state index in [-0.39, 0.29) is 18.4 Å². The Balaban J connectivity index is 1.65. The molecule has 0 unspecified atom stereocenters. The minimum atomic E-state index is -1.00. The fourth-order valence-corrected chi connectivity index (χ4v) is 3.20. The summed E-state index contributed by atoms with van der Waals surface area (Å²) >= 11 is 0. The molecule has 1 saturated heterocycles. The number of hydrogen-bond donors (Lipinski definition) is 2. The largest absolute Gasteiger partial charge is 0.386 e. The van der Waals surface area contributed by atoms with Crippen LogP contribution in [0.4, 0.5) is 5.82 Å². The van der Waals surface area contributed by atoms with Gasteiger partial charge in [-0.15, -0.1) is 0 Å². The number of hydrogen-bond acceptors (Lipinski definition) is 7. The Kier molecular flexibility index (Phi) is 4.95. The van der Waals surface area contributed by atoms with Crippen molar-refractivity contribution < 1.29 is 14.4 Å². The van der Waals surface area contributed by atoms with Crippen molar-refractivity contribution in [2.24, 2.45) is 0 Å². The summed E-state index contributed by atoms with van der Waals surface area (Å²) < 4.78 is 5.17. The van der Waals surface area contributed by atoms with E-state index in [4.69, 9.17) is 4.52 Å². The molecule has 0 aromatic carbocycles. The second-order valence-electron chi connectivity index (χ2n) is 7.25. The van der Waals surface area contributed by atoms with Gasteiger partial charge < -0.3 is 19.8 Å². The van der Waals surface area contributed by atoms with E-state index in [9.17, 15) is 9.90 Å². The van der Waals surface area contributed by atoms with Gasteiger partial charge in [-0.05, 0) is 26.2 Å². The van der Waals surface area contributed by atoms with Crippen molar-refractivity contribution in [1.29, 1.82) is 0 Å². The molecular weight excluding hydrogens is 334 g/mol. The lowest BCUT2D eigenvalue weighted by atomic mass is 10.0. The van der Waals surface area contributed by atoms with Crippen LogP contribution in [0, 0.1) is 13.8 Å². The van der Waals surface area contributed by atoms with Crippen LogP contribution in [0.5, 0.6) is 0 Å². The lowest BCUT2D eigenvalue weighted by molar-refractivity contribution is 0.0574. The number of nitrogens with zero attached hydrogens (tertiary/aromatic N) is 4. The van der Waals surface area contributed by atoms with Crippen LogP contribution < -0.4 is 10.2 Å². The molecule has 1 amide bonds. The molecule has 1 aliphatic heterocycles. The number of anilines is 1. The monoisotopic (exact) mass is 359 g/mol. The van der Waals surface area contributed by atoms with Gasteiger partial charge in [0.05, 0.1) is 5.69 Å². The van der Waals surface area contributed by atoms with Crippen molar-refractivity contribution in [3.05, 3.63) is 35.1 Å². The molecule has 0 spiro atoms. The third-order valence-corrected chi connectivity index (χ3v) is 4.69. The van der Waals surface area contributed by atoms with E-state index in [2.05, 4.69) is 20.4 Å². The molecule has 1 aliphatic rings. The third-order valence-electron chi connectivity index (χ3n) is 4.69. The Morgan fingerprint density at radius 1 is 1.42 bits per heavy atom. The summed E-state index contributed by atoms with van der Waals surface area (Å²) in [6, 6.07) is 1.89. The molecule has 1 atom stereocenters. The predicted octanol–water partition coefficient (Wildman–Crippen LogP) is 1.58. The van der Waals surface area contributed by atoms with Crippen molar-refractivity contribution in [2.45, 2.75) is 45.6 Å². The standard InChI is InChI=1S/C18H25N5O3/c1-11(2)16-15(13(4)26-22-16)17(24)19-8-18(25)5-6-23(9-18)14-7-12(3)20-10-21-14/h7,10-11,25H,5-6,8-9H2,1-4H3,(H,19,24)/t18-/m0/s1. The lowest BCUT2D eigenvalue weighted by Crippen LogP contribution is -2.45. The van der Waals surface area contributed by atoms with Gasteiger partial charge in [0.25, 0.3) is 5.91 Å². The third kappa shape index (κ3) is 3.70. The zero-order chi connectivity index (χ0) is 18.9. The van der Waals surface area contributed by atoms with Crippen LogP contribution in [0.25, 0.3) is 0 Å². The van der Waals surface area contributed by atoms with E-state index in [1.165, 1.54) is 6.33 Å². The maximum Gasteiger partial charge on any atom is 0.256 e. The quantitative estimate of drug-likeness (QED) is 0.835. The Hall–Kier alpha value is -2.48. The summed E-state index contributed by atoms with van der Waals surface area (Å²) in [6.45, 7) is 8.78. The van der Waals surface area contributed by atoms with Gasteiger partial charge in [-0.3, -0.25) is 4.79 Å². The highest BCUT2D eigenvalue weighted by Crippen LogP contribution is 2.26. The van der Waals surface area contributed by atoms with E-state index >= 15 is 0 Å². The molecule has 140 valence electrons. The molecule has 0 bridgehead atoms. The Bertz CT molecular complexity index is 804. The Morgan fingerprint density at radius 3 is 2.88 bits per heavy atom. The summed E-state index contributed by atoms with van der Waals surface area (Å²) in [5, 5.41) is 17.7. The summed E-state index contributed by atoms with van der Waals surface area (Å²) in [4.78, 5) is 23.0. The average Bonchev–Trinajstić information content (AvgIpc) is 3.17. The number of aryl methyl sites for hydroxylation is 2. The first-order valence-electron chi connectivity index (χ1n) is 8.79. The summed E-state index contributed by atoms with van der Waals surface area (Å²) in [6.07, 6.45) is 2.07. The first kappa shape index (κ1) is 18.3. The van der Waals surface area contributed by atoms with Gasteiger partial charge in [0.2, 0.25) is 0 Å². The average molecular weight is 359 g/mol. The Morgan fingerprint density at radius 2 is 2.19 bits per heavy atom. The molecule has 0 saturated carbocycles. The first-order chi connectivity index (χ1) is 12.3. The summed E-state index contributed by atoms with van der Waals surface area (Å²) in [5.74, 6) is 1.09. The summed E-state index contributed by atoms with van der Waals surface area (Å²) in [5.41, 5.74) is 0.974. The second kappa shape index (κ2) is 7.03. The zero-order valence-corrected chi connectivity index (χ0v) is 15.6. The topological polar surface area (TPSA) is 104 Å². The van der Waals surface area contributed by atoms with Gasteiger partial charge in [0.1, 0.15) is 29.1 Å². The highest BCUT2D eigenvalue weighted by atomic mass is 16.5. The fourth-order valence-electron chi connectivity index (χ4n) is 3.20. The Labute approximate surface area is 152 Å². The van der Waals surface area contributed by atoms with E-state index in [1.54, 1.807) is 6.92 Å². The number of aromatic nitrogens is 3. The van der Waals surface area contributed by atoms with Crippen molar-refractivity contribution in [1.82, 2.24) is 20.4 Å². The smallest absolute Gasteiger partial charge is 0.256 e. The maximum atomic E-state index is 12.6. The molecule has 3 heterocycles. The number of aliphatic hydroxyl groups is 1. The minimum absolute atomic E-state index is 0.0827. The number of β-amino-alcohol motifs (C(OH)–C–C–N with tert-alkyl or cyclic N) is 1. The molecule has 3 rings (SSSR count). The van der Waals surface area contributed by atoms with Crippen LogP contribution in [0.3, 0.4) is 0 Å². The zero-order valence-electron chi connectivity index (χ0n) is 15.6. The van der Waals surface area contributed by atoms with Crippen molar-refractivity contribution in [3.8, 4) is 0 Å². The SMILES string of the molecule is Cc1cc(N2CC[C@](O)(CNC(=O)c3c(C(C)C)noc3C)C2)ncn1. The van der Waals surface area contributed by atoms with Gasteiger partial charge in [-0.25, -0.2) is 9.97 Å². The molecular formula is C18H25N5O3. The number of nitrogens with one attached hydrogen (secondary N) is 1. The number of carbonyl (C=O) groups is 1. The predicted molar refractivity (Wildman–Crippen MR) is 96.2 cm³/mol. The molecule has 26 heavy (non-hydrogen) atoms. The maximum absolute atomic E-state index is 12.6. The fraction of sp³-hybridized carbons (Fsp3) is 0.556. The highest BCUT2D eigenvalue weighted by Gasteiger charge is 2.37. The van der Waals surface area contributed by atoms with Gasteiger partial charge >= 0.3 is 0 Å². The molecule has 0 radical (unpaired) electrons. The van der Waals surface area contributed by atoms with E-state index < -0.39 is 5.60 Å². The first-order valence-corrected chi connectivity index (χ1v) is 8.79. The molecule has 2 N–H and O–H groups in total.